The number of pyridine rings is 1. The number of aliphatic hydroxyl groups excluding tert-OH is 1. The number of thioether (sulfide) groups is 1. The molecule has 0 spiro atoms. The summed E-state index contributed by atoms with van der Waals surface area (Å²) in [6, 6.07) is 7.84. The lowest BCUT2D eigenvalue weighted by Gasteiger charge is -2.37. The molecule has 0 unspecified atom stereocenters. The van der Waals surface area contributed by atoms with Crippen molar-refractivity contribution in [1.29, 1.82) is 0 Å². The van der Waals surface area contributed by atoms with Crippen molar-refractivity contribution in [2.75, 3.05) is 44.2 Å². The molecule has 3 heterocycles. The van der Waals surface area contributed by atoms with Gasteiger partial charge in [-0.3, -0.25) is 19.4 Å². The summed E-state index contributed by atoms with van der Waals surface area (Å²) in [6.07, 6.45) is 1.73. The van der Waals surface area contributed by atoms with Crippen LogP contribution in [0.15, 0.2) is 34.0 Å². The fourth-order valence-electron chi connectivity index (χ4n) is 4.37. The standard InChI is InChI=1S/C23H28N4O3S2/c1-15(2)27-22(30)19(32-23(27)31)14-17-20(26-10-8-25(9-11-26)12-13-28)16-6-4-5-7-18(16)24(3)21(17)29/h4-7,14-15,28H,8-13H2,1-3H3. The van der Waals surface area contributed by atoms with Crippen LogP contribution in [0, 0.1) is 0 Å². The number of para-hydroxylation sites is 1. The molecule has 1 amide bonds. The van der Waals surface area contributed by atoms with Gasteiger partial charge in [-0.2, -0.15) is 0 Å². The van der Waals surface area contributed by atoms with Gasteiger partial charge in [0.05, 0.1) is 28.3 Å². The number of thiocarbonyl (C=S) groups is 1. The normalized spacial score (nSPS) is 19.2. The number of nitrogens with zero attached hydrogens (tertiary/aromatic N) is 4. The van der Waals surface area contributed by atoms with E-state index in [9.17, 15) is 14.7 Å². The molecule has 2 aromatic rings. The number of piperazine rings is 1. The molecule has 1 N–H and O–H groups in total. The monoisotopic (exact) mass is 472 g/mol. The van der Waals surface area contributed by atoms with Crippen molar-refractivity contribution in [2.24, 2.45) is 7.05 Å². The molecule has 0 saturated carbocycles. The van der Waals surface area contributed by atoms with Crippen LogP contribution in [-0.2, 0) is 11.8 Å². The zero-order chi connectivity index (χ0) is 23.0. The third-order valence-electron chi connectivity index (χ3n) is 6.03. The molecule has 170 valence electrons. The van der Waals surface area contributed by atoms with Crippen molar-refractivity contribution in [3.63, 3.8) is 0 Å². The number of hydrogen-bond acceptors (Lipinski definition) is 7. The van der Waals surface area contributed by atoms with E-state index < -0.39 is 0 Å². The third kappa shape index (κ3) is 4.10. The SMILES string of the molecule is CC(C)N1C(=O)C(=Cc2c(N3CCN(CCO)CC3)c3ccccc3n(C)c2=O)SC1=S. The maximum absolute atomic E-state index is 13.5. The first-order valence-electron chi connectivity index (χ1n) is 10.8. The second-order valence-corrected chi connectivity index (χ2v) is 10.0. The Morgan fingerprint density at radius 3 is 2.47 bits per heavy atom. The van der Waals surface area contributed by atoms with Gasteiger partial charge in [-0.1, -0.05) is 42.2 Å². The number of carbonyl (C=O) groups is 1. The largest absolute Gasteiger partial charge is 0.395 e. The van der Waals surface area contributed by atoms with Crippen LogP contribution in [0.2, 0.25) is 0 Å². The highest BCUT2D eigenvalue weighted by Crippen LogP contribution is 2.37. The number of hydrogen-bond donors (Lipinski definition) is 1. The maximum atomic E-state index is 13.5. The third-order valence-corrected chi connectivity index (χ3v) is 7.36. The van der Waals surface area contributed by atoms with Gasteiger partial charge in [0, 0.05) is 51.2 Å². The topological polar surface area (TPSA) is 69.0 Å². The first kappa shape index (κ1) is 23.0. The number of aliphatic hydroxyl groups is 1. The number of carbonyl (C=O) groups excluding carboxylic acids is 1. The summed E-state index contributed by atoms with van der Waals surface area (Å²) in [5, 5.41) is 10.2. The molecule has 0 radical (unpaired) electrons. The van der Waals surface area contributed by atoms with E-state index in [1.165, 1.54) is 11.8 Å². The molecule has 4 rings (SSSR count). The van der Waals surface area contributed by atoms with E-state index in [0.717, 1.165) is 42.8 Å². The highest BCUT2D eigenvalue weighted by molar-refractivity contribution is 8.26. The lowest BCUT2D eigenvalue weighted by Crippen LogP contribution is -2.48. The van der Waals surface area contributed by atoms with Gasteiger partial charge in [0.25, 0.3) is 11.5 Å². The van der Waals surface area contributed by atoms with E-state index in [2.05, 4.69) is 9.80 Å². The predicted octanol–water partition coefficient (Wildman–Crippen LogP) is 2.26. The Kier molecular flexibility index (Phi) is 6.71. The number of aromatic nitrogens is 1. The van der Waals surface area contributed by atoms with Crippen LogP contribution >= 0.6 is 24.0 Å². The Morgan fingerprint density at radius 1 is 1.16 bits per heavy atom. The minimum absolute atomic E-state index is 0.0353. The van der Waals surface area contributed by atoms with E-state index >= 15 is 0 Å². The highest BCUT2D eigenvalue weighted by Gasteiger charge is 2.34. The molecule has 0 atom stereocenters. The number of fused-ring (bicyclic) bond motifs is 1. The molecular weight excluding hydrogens is 444 g/mol. The van der Waals surface area contributed by atoms with Crippen molar-refractivity contribution in [2.45, 2.75) is 19.9 Å². The van der Waals surface area contributed by atoms with Gasteiger partial charge in [-0.05, 0) is 26.0 Å². The van der Waals surface area contributed by atoms with E-state index in [1.54, 1.807) is 22.6 Å². The average molecular weight is 473 g/mol. The summed E-state index contributed by atoms with van der Waals surface area (Å²) in [6.45, 7) is 7.74. The van der Waals surface area contributed by atoms with E-state index in [4.69, 9.17) is 12.2 Å². The van der Waals surface area contributed by atoms with Gasteiger partial charge in [-0.25, -0.2) is 0 Å². The smallest absolute Gasteiger partial charge is 0.266 e. The van der Waals surface area contributed by atoms with E-state index in [0.29, 0.717) is 21.3 Å². The molecule has 7 nitrogen and oxygen atoms in total. The number of β-amino-alcohol motifs (C(OH)–C–C–N with tert-alkyl or cyclic N) is 1. The Bertz CT molecular complexity index is 1150. The van der Waals surface area contributed by atoms with Gasteiger partial charge in [0.1, 0.15) is 4.32 Å². The fraction of sp³-hybridized carbons (Fsp3) is 0.435. The van der Waals surface area contributed by atoms with Crippen LogP contribution in [-0.4, -0.2) is 75.1 Å². The number of benzene rings is 1. The van der Waals surface area contributed by atoms with Gasteiger partial charge < -0.3 is 14.6 Å². The quantitative estimate of drug-likeness (QED) is 0.529. The zero-order valence-electron chi connectivity index (χ0n) is 18.6. The molecule has 1 aromatic carbocycles. The van der Waals surface area contributed by atoms with Crippen molar-refractivity contribution in [3.8, 4) is 0 Å². The first-order valence-corrected chi connectivity index (χ1v) is 12.0. The minimum Gasteiger partial charge on any atom is -0.395 e. The van der Waals surface area contributed by atoms with E-state index in [1.807, 2.05) is 38.1 Å². The molecule has 2 saturated heterocycles. The Morgan fingerprint density at radius 2 is 1.84 bits per heavy atom. The van der Waals surface area contributed by atoms with E-state index in [-0.39, 0.29) is 24.1 Å². The molecule has 0 aliphatic carbocycles. The number of aryl methyl sites for hydroxylation is 1. The highest BCUT2D eigenvalue weighted by atomic mass is 32.2. The summed E-state index contributed by atoms with van der Waals surface area (Å²) in [5.41, 5.74) is 2.11. The molecule has 9 heteroatoms. The summed E-state index contributed by atoms with van der Waals surface area (Å²) >= 11 is 6.68. The lowest BCUT2D eigenvalue weighted by atomic mass is 10.1. The summed E-state index contributed by atoms with van der Waals surface area (Å²) < 4.78 is 2.17. The number of amides is 1. The van der Waals surface area contributed by atoms with Crippen molar-refractivity contribution < 1.29 is 9.90 Å². The van der Waals surface area contributed by atoms with Gasteiger partial charge in [0.15, 0.2) is 0 Å². The summed E-state index contributed by atoms with van der Waals surface area (Å²) in [7, 11) is 1.77. The second-order valence-electron chi connectivity index (χ2n) is 8.34. The van der Waals surface area contributed by atoms with Gasteiger partial charge >= 0.3 is 0 Å². The van der Waals surface area contributed by atoms with Crippen LogP contribution in [0.5, 0.6) is 0 Å². The molecule has 2 fully saturated rings. The fourth-order valence-corrected chi connectivity index (χ4v) is 5.87. The Balaban J connectivity index is 1.85. The van der Waals surface area contributed by atoms with Crippen LogP contribution in [0.1, 0.15) is 19.4 Å². The zero-order valence-corrected chi connectivity index (χ0v) is 20.2. The van der Waals surface area contributed by atoms with Crippen molar-refractivity contribution in [1.82, 2.24) is 14.4 Å². The lowest BCUT2D eigenvalue weighted by molar-refractivity contribution is -0.123. The molecule has 2 aliphatic rings. The van der Waals surface area contributed by atoms with Gasteiger partial charge in [-0.15, -0.1) is 0 Å². The van der Waals surface area contributed by atoms with Gasteiger partial charge in [0.2, 0.25) is 0 Å². The van der Waals surface area contributed by atoms with Crippen LogP contribution in [0.25, 0.3) is 17.0 Å². The Labute approximate surface area is 197 Å². The second kappa shape index (κ2) is 9.35. The van der Waals surface area contributed by atoms with Crippen molar-refractivity contribution in [3.05, 3.63) is 45.1 Å². The Hall–Kier alpha value is -2.20. The average Bonchev–Trinajstić information content (AvgIpc) is 3.06. The molecule has 1 aromatic heterocycles. The summed E-state index contributed by atoms with van der Waals surface area (Å²) in [5.74, 6) is -0.149. The van der Waals surface area contributed by atoms with Crippen molar-refractivity contribution >= 4 is 56.9 Å². The molecular formula is C23H28N4O3S2. The number of rotatable bonds is 5. The molecule has 32 heavy (non-hydrogen) atoms. The molecule has 2 aliphatic heterocycles. The van der Waals surface area contributed by atoms with Crippen LogP contribution < -0.4 is 10.5 Å². The predicted molar refractivity (Wildman–Crippen MR) is 135 cm³/mol. The van der Waals surface area contributed by atoms with Crippen LogP contribution in [0.3, 0.4) is 0 Å². The summed E-state index contributed by atoms with van der Waals surface area (Å²) in [4.78, 5) is 33.0. The maximum Gasteiger partial charge on any atom is 0.266 e. The number of anilines is 1. The van der Waals surface area contributed by atoms with Crippen LogP contribution in [0.4, 0.5) is 5.69 Å². The molecule has 0 bridgehead atoms. The minimum atomic E-state index is -0.149. The first-order chi connectivity index (χ1) is 15.3.